The number of benzene rings is 2. The zero-order valence-corrected chi connectivity index (χ0v) is 16.7. The molecule has 2 aromatic carbocycles. The van der Waals surface area contributed by atoms with E-state index < -0.39 is 11.7 Å². The Morgan fingerprint density at radius 2 is 1.93 bits per heavy atom. The van der Waals surface area contributed by atoms with E-state index in [-0.39, 0.29) is 0 Å². The van der Waals surface area contributed by atoms with Crippen molar-refractivity contribution in [1.29, 1.82) is 0 Å². The number of aryl methyl sites for hydroxylation is 1. The van der Waals surface area contributed by atoms with Crippen molar-refractivity contribution in [2.75, 3.05) is 0 Å². The fourth-order valence-electron chi connectivity index (χ4n) is 2.08. The molecule has 27 heavy (non-hydrogen) atoms. The number of aromatic nitrogens is 2. The molecular weight excluding hydrogens is 438 g/mol. The van der Waals surface area contributed by atoms with Gasteiger partial charge in [0.2, 0.25) is 0 Å². The normalized spacial score (nSPS) is 12.4. The standard InChI is InChI=1S/C17H10Cl2F3N3S2/c1-9-15(27-25-24-9)16(23-14-6-5-11(18)8-13(14)19)26-12-4-2-3-10(7-12)17(20,21)22/h2-8H,1H3. The molecule has 0 saturated carbocycles. The van der Waals surface area contributed by atoms with Crippen LogP contribution in [0.2, 0.25) is 10.0 Å². The first kappa shape index (κ1) is 20.1. The summed E-state index contributed by atoms with van der Waals surface area (Å²) in [5.74, 6) is 0. The van der Waals surface area contributed by atoms with E-state index in [1.54, 1.807) is 31.2 Å². The molecule has 140 valence electrons. The largest absolute Gasteiger partial charge is 0.416 e. The summed E-state index contributed by atoms with van der Waals surface area (Å²) in [6.45, 7) is 1.75. The Morgan fingerprint density at radius 1 is 1.15 bits per heavy atom. The number of hydrogen-bond donors (Lipinski definition) is 0. The fraction of sp³-hybridized carbons (Fsp3) is 0.118. The monoisotopic (exact) mass is 447 g/mol. The molecule has 0 bridgehead atoms. The van der Waals surface area contributed by atoms with Crippen LogP contribution in [0.1, 0.15) is 16.1 Å². The molecule has 10 heteroatoms. The third kappa shape index (κ3) is 5.01. The van der Waals surface area contributed by atoms with Crippen molar-refractivity contribution in [3.8, 4) is 0 Å². The second-order valence-electron chi connectivity index (χ2n) is 5.33. The number of nitrogens with zero attached hydrogens (tertiary/aromatic N) is 3. The van der Waals surface area contributed by atoms with Crippen LogP contribution in [0.15, 0.2) is 52.4 Å². The minimum absolute atomic E-state index is 0.333. The second kappa shape index (κ2) is 8.18. The Labute approximate surface area is 171 Å². The molecule has 0 N–H and O–H groups in total. The van der Waals surface area contributed by atoms with Gasteiger partial charge in [-0.2, -0.15) is 13.2 Å². The van der Waals surface area contributed by atoms with E-state index in [9.17, 15) is 13.2 Å². The maximum Gasteiger partial charge on any atom is 0.416 e. The average Bonchev–Trinajstić information content (AvgIpc) is 3.02. The Balaban J connectivity index is 2.04. The average molecular weight is 448 g/mol. The lowest BCUT2D eigenvalue weighted by atomic mass is 10.2. The van der Waals surface area contributed by atoms with Crippen LogP contribution in [-0.2, 0) is 6.18 Å². The Kier molecular flexibility index (Phi) is 6.10. The predicted molar refractivity (Wildman–Crippen MR) is 105 cm³/mol. The van der Waals surface area contributed by atoms with E-state index in [1.165, 1.54) is 6.07 Å². The highest BCUT2D eigenvalue weighted by atomic mass is 35.5. The Bertz CT molecular complexity index is 1000. The summed E-state index contributed by atoms with van der Waals surface area (Å²) in [7, 11) is 0. The lowest BCUT2D eigenvalue weighted by molar-refractivity contribution is -0.137. The second-order valence-corrected chi connectivity index (χ2v) is 7.99. The lowest BCUT2D eigenvalue weighted by Gasteiger charge is -2.10. The van der Waals surface area contributed by atoms with Crippen LogP contribution >= 0.6 is 46.5 Å². The molecule has 0 aliphatic rings. The van der Waals surface area contributed by atoms with Gasteiger partial charge in [-0.05, 0) is 54.9 Å². The molecule has 0 fully saturated rings. The highest BCUT2D eigenvalue weighted by molar-refractivity contribution is 8.14. The van der Waals surface area contributed by atoms with Gasteiger partial charge >= 0.3 is 6.18 Å². The summed E-state index contributed by atoms with van der Waals surface area (Å²) in [6, 6.07) is 9.87. The van der Waals surface area contributed by atoms with Gasteiger partial charge in [0.1, 0.15) is 9.92 Å². The molecule has 1 heterocycles. The van der Waals surface area contributed by atoms with Crippen molar-refractivity contribution in [2.45, 2.75) is 18.0 Å². The van der Waals surface area contributed by atoms with E-state index in [0.717, 1.165) is 35.4 Å². The van der Waals surface area contributed by atoms with Crippen LogP contribution in [0.25, 0.3) is 0 Å². The maximum atomic E-state index is 13.0. The molecule has 3 nitrogen and oxygen atoms in total. The summed E-state index contributed by atoms with van der Waals surface area (Å²) >= 11 is 14.3. The first-order valence-corrected chi connectivity index (χ1v) is 9.77. The van der Waals surface area contributed by atoms with E-state index in [4.69, 9.17) is 23.2 Å². The van der Waals surface area contributed by atoms with Gasteiger partial charge in [-0.15, -0.1) is 5.10 Å². The van der Waals surface area contributed by atoms with Crippen molar-refractivity contribution in [3.63, 3.8) is 0 Å². The zero-order valence-electron chi connectivity index (χ0n) is 13.6. The Morgan fingerprint density at radius 3 is 2.56 bits per heavy atom. The summed E-state index contributed by atoms with van der Waals surface area (Å²) in [4.78, 5) is 5.57. The molecule has 0 spiro atoms. The molecule has 0 aliphatic heterocycles. The fourth-order valence-corrected chi connectivity index (χ4v) is 4.25. The van der Waals surface area contributed by atoms with Gasteiger partial charge in [0.15, 0.2) is 0 Å². The van der Waals surface area contributed by atoms with Crippen LogP contribution in [0, 0.1) is 6.92 Å². The Hall–Kier alpha value is -1.61. The van der Waals surface area contributed by atoms with Crippen molar-refractivity contribution >= 4 is 57.2 Å². The molecule has 0 unspecified atom stereocenters. The minimum atomic E-state index is -4.42. The van der Waals surface area contributed by atoms with E-state index in [1.807, 2.05) is 0 Å². The molecule has 0 amide bonds. The van der Waals surface area contributed by atoms with Crippen LogP contribution in [-0.4, -0.2) is 14.6 Å². The van der Waals surface area contributed by atoms with Gasteiger partial charge in [0.25, 0.3) is 0 Å². The van der Waals surface area contributed by atoms with Crippen molar-refractivity contribution in [2.24, 2.45) is 4.99 Å². The predicted octanol–water partition coefficient (Wildman–Crippen LogP) is 7.04. The van der Waals surface area contributed by atoms with Crippen LogP contribution in [0.5, 0.6) is 0 Å². The van der Waals surface area contributed by atoms with Crippen molar-refractivity contribution < 1.29 is 13.2 Å². The SMILES string of the molecule is Cc1nnsc1C(=Nc1ccc(Cl)cc1Cl)Sc1cccc(C(F)(F)F)c1. The first-order valence-electron chi connectivity index (χ1n) is 7.42. The van der Waals surface area contributed by atoms with E-state index >= 15 is 0 Å². The molecule has 3 rings (SSSR count). The first-order chi connectivity index (χ1) is 12.7. The van der Waals surface area contributed by atoms with Gasteiger partial charge in [0.05, 0.1) is 22.0 Å². The smallest absolute Gasteiger partial charge is 0.239 e. The number of hydrogen-bond acceptors (Lipinski definition) is 5. The van der Waals surface area contributed by atoms with Crippen molar-refractivity contribution in [1.82, 2.24) is 9.59 Å². The molecule has 0 atom stereocenters. The number of halogens is 5. The van der Waals surface area contributed by atoms with Crippen molar-refractivity contribution in [3.05, 3.63) is 68.6 Å². The number of alkyl halides is 3. The minimum Gasteiger partial charge on any atom is -0.239 e. The highest BCUT2D eigenvalue weighted by Crippen LogP contribution is 2.36. The molecule has 0 radical (unpaired) electrons. The molecule has 0 aliphatic carbocycles. The summed E-state index contributed by atoms with van der Waals surface area (Å²) < 4.78 is 42.9. The number of aliphatic imine (C=N–C) groups is 1. The van der Waals surface area contributed by atoms with Gasteiger partial charge in [-0.3, -0.25) is 0 Å². The summed E-state index contributed by atoms with van der Waals surface area (Å²) in [5.41, 5.74) is 0.349. The molecular formula is C17H10Cl2F3N3S2. The summed E-state index contributed by atoms with van der Waals surface area (Å²) in [6.07, 6.45) is -4.42. The van der Waals surface area contributed by atoms with E-state index in [2.05, 4.69) is 14.6 Å². The number of thioether (sulfide) groups is 1. The lowest BCUT2D eigenvalue weighted by Crippen LogP contribution is -2.04. The van der Waals surface area contributed by atoms with Crippen LogP contribution in [0.4, 0.5) is 18.9 Å². The summed E-state index contributed by atoms with van der Waals surface area (Å²) in [5, 5.41) is 5.20. The van der Waals surface area contributed by atoms with Gasteiger partial charge in [-0.1, -0.05) is 45.5 Å². The van der Waals surface area contributed by atoms with Gasteiger partial charge in [0, 0.05) is 9.92 Å². The number of rotatable bonds is 3. The maximum absolute atomic E-state index is 13.0. The van der Waals surface area contributed by atoms with Gasteiger partial charge in [-0.25, -0.2) is 4.99 Å². The quantitative estimate of drug-likeness (QED) is 0.245. The highest BCUT2D eigenvalue weighted by Gasteiger charge is 2.30. The zero-order chi connectivity index (χ0) is 19.6. The van der Waals surface area contributed by atoms with E-state index in [0.29, 0.717) is 36.2 Å². The molecule has 0 saturated heterocycles. The topological polar surface area (TPSA) is 38.1 Å². The molecule has 3 aromatic rings. The van der Waals surface area contributed by atoms with Gasteiger partial charge < -0.3 is 0 Å². The third-order valence-electron chi connectivity index (χ3n) is 3.35. The third-order valence-corrected chi connectivity index (χ3v) is 5.83. The van der Waals surface area contributed by atoms with Crippen LogP contribution < -0.4 is 0 Å². The van der Waals surface area contributed by atoms with Crippen LogP contribution in [0.3, 0.4) is 0 Å². The molecule has 1 aromatic heterocycles.